The number of urea groups is 1. The monoisotopic (exact) mass is 357 g/mol. The number of carbonyl (C=O) groups is 2. The van der Waals surface area contributed by atoms with Crippen molar-refractivity contribution in [1.82, 2.24) is 10.6 Å². The molecule has 0 spiro atoms. The van der Waals surface area contributed by atoms with Crippen LogP contribution >= 0.6 is 11.8 Å². The van der Waals surface area contributed by atoms with Crippen LogP contribution in [-0.2, 0) is 4.79 Å². The largest absolute Gasteiger partial charge is 0.335 e. The van der Waals surface area contributed by atoms with Gasteiger partial charge in [-0.25, -0.2) is 4.79 Å². The molecule has 0 heterocycles. The van der Waals surface area contributed by atoms with Gasteiger partial charge in [0.2, 0.25) is 5.91 Å². The Morgan fingerprint density at radius 2 is 1.88 bits per heavy atom. The Morgan fingerprint density at radius 1 is 1.17 bits per heavy atom. The van der Waals surface area contributed by atoms with E-state index in [1.165, 1.54) is 12.5 Å². The van der Waals surface area contributed by atoms with Crippen LogP contribution in [-0.4, -0.2) is 30.3 Å². The molecular weight excluding hydrogens is 336 g/mol. The second kappa shape index (κ2) is 9.46. The molecule has 0 radical (unpaired) electrons. The Bertz CT molecular complexity index is 566. The van der Waals surface area contributed by atoms with Crippen LogP contribution in [0.5, 0.6) is 0 Å². The quantitative estimate of drug-likeness (QED) is 0.682. The first-order chi connectivity index (χ1) is 11.5. The highest BCUT2D eigenvalue weighted by atomic mass is 32.2. The van der Waals surface area contributed by atoms with E-state index < -0.39 is 11.7 Å². The molecule has 0 aromatic heterocycles. The van der Waals surface area contributed by atoms with Crippen molar-refractivity contribution in [1.29, 1.82) is 0 Å². The van der Waals surface area contributed by atoms with E-state index in [9.17, 15) is 18.4 Å². The first kappa shape index (κ1) is 18.5. The van der Waals surface area contributed by atoms with Gasteiger partial charge in [-0.3, -0.25) is 4.79 Å². The van der Waals surface area contributed by atoms with Crippen LogP contribution < -0.4 is 16.0 Å². The van der Waals surface area contributed by atoms with Crippen molar-refractivity contribution >= 4 is 29.4 Å². The Kier molecular flexibility index (Phi) is 7.30. The molecule has 8 heteroatoms. The first-order valence-electron chi connectivity index (χ1n) is 7.92. The molecule has 0 atom stereocenters. The second-order valence-electron chi connectivity index (χ2n) is 5.58. The molecule has 24 heavy (non-hydrogen) atoms. The highest BCUT2D eigenvalue weighted by Crippen LogP contribution is 2.31. The van der Waals surface area contributed by atoms with Crippen LogP contribution in [0.25, 0.3) is 0 Å². The normalized spacial score (nSPS) is 15.1. The molecular formula is C16H21F2N3O2S. The van der Waals surface area contributed by atoms with Crippen LogP contribution in [0.15, 0.2) is 29.2 Å². The van der Waals surface area contributed by atoms with Gasteiger partial charge >= 0.3 is 6.03 Å². The van der Waals surface area contributed by atoms with Gasteiger partial charge in [-0.15, -0.1) is 0 Å². The zero-order valence-corrected chi connectivity index (χ0v) is 14.0. The van der Waals surface area contributed by atoms with Gasteiger partial charge in [-0.05, 0) is 25.0 Å². The first-order valence-corrected chi connectivity index (χ1v) is 8.80. The minimum absolute atomic E-state index is 0.157. The molecule has 1 fully saturated rings. The summed E-state index contributed by atoms with van der Waals surface area (Å²) in [5.74, 6) is -3.03. The van der Waals surface area contributed by atoms with Gasteiger partial charge in [0.15, 0.2) is 0 Å². The smallest absolute Gasteiger partial charge is 0.315 e. The van der Waals surface area contributed by atoms with E-state index in [-0.39, 0.29) is 23.5 Å². The maximum atomic E-state index is 12.5. The molecule has 1 aromatic rings. The van der Waals surface area contributed by atoms with E-state index in [2.05, 4.69) is 16.0 Å². The van der Waals surface area contributed by atoms with Crippen molar-refractivity contribution < 1.29 is 18.4 Å². The fourth-order valence-corrected chi connectivity index (χ4v) is 3.20. The number of carbonyl (C=O) groups excluding carboxylic acids is 2. The lowest BCUT2D eigenvalue weighted by Gasteiger charge is -2.22. The molecule has 0 bridgehead atoms. The molecule has 132 valence electrons. The lowest BCUT2D eigenvalue weighted by atomic mass is 9.96. The number of thioether (sulfide) groups is 1. The van der Waals surface area contributed by atoms with Crippen molar-refractivity contribution in [3.8, 4) is 0 Å². The summed E-state index contributed by atoms with van der Waals surface area (Å²) in [6.07, 6.45) is 5.31. The van der Waals surface area contributed by atoms with Crippen molar-refractivity contribution in [2.75, 3.05) is 11.9 Å². The fraction of sp³-hybridized carbons (Fsp3) is 0.500. The molecule has 3 amide bonds. The number of rotatable bonds is 6. The van der Waals surface area contributed by atoms with Gasteiger partial charge in [0.05, 0.1) is 12.2 Å². The number of hydrogen-bond acceptors (Lipinski definition) is 3. The van der Waals surface area contributed by atoms with Crippen molar-refractivity contribution in [2.45, 2.75) is 48.8 Å². The van der Waals surface area contributed by atoms with Crippen LogP contribution in [0.2, 0.25) is 0 Å². The second-order valence-corrected chi connectivity index (χ2v) is 6.62. The molecule has 0 saturated heterocycles. The number of benzene rings is 1. The van der Waals surface area contributed by atoms with E-state index >= 15 is 0 Å². The number of anilines is 1. The average Bonchev–Trinajstić information content (AvgIpc) is 2.55. The summed E-state index contributed by atoms with van der Waals surface area (Å²) in [5.41, 5.74) is 0.308. The number of halogens is 2. The van der Waals surface area contributed by atoms with Gasteiger partial charge < -0.3 is 16.0 Å². The third-order valence-corrected chi connectivity index (χ3v) is 4.52. The predicted molar refractivity (Wildman–Crippen MR) is 90.3 cm³/mol. The zero-order chi connectivity index (χ0) is 17.4. The molecule has 2 rings (SSSR count). The minimum Gasteiger partial charge on any atom is -0.335 e. The van der Waals surface area contributed by atoms with Crippen molar-refractivity contribution in [3.63, 3.8) is 0 Å². The minimum atomic E-state index is -2.57. The summed E-state index contributed by atoms with van der Waals surface area (Å²) >= 11 is 0.367. The van der Waals surface area contributed by atoms with Crippen LogP contribution in [0.3, 0.4) is 0 Å². The molecule has 1 aromatic carbocycles. The Labute approximate surface area is 144 Å². The summed E-state index contributed by atoms with van der Waals surface area (Å²) in [4.78, 5) is 24.0. The Morgan fingerprint density at radius 3 is 2.58 bits per heavy atom. The van der Waals surface area contributed by atoms with Gasteiger partial charge in [-0.2, -0.15) is 8.78 Å². The zero-order valence-electron chi connectivity index (χ0n) is 13.2. The third-order valence-electron chi connectivity index (χ3n) is 3.73. The maximum absolute atomic E-state index is 12.5. The predicted octanol–water partition coefficient (Wildman–Crippen LogP) is 3.57. The SMILES string of the molecule is O=C(CNC(=O)NC1CCCCC1)Nc1ccccc1SC(F)F. The molecule has 1 saturated carbocycles. The summed E-state index contributed by atoms with van der Waals surface area (Å²) in [5, 5.41) is 7.87. The maximum Gasteiger partial charge on any atom is 0.315 e. The standard InChI is InChI=1S/C16H21F2N3O2S/c17-15(18)24-13-9-5-4-8-12(13)21-14(22)10-19-16(23)20-11-6-2-1-3-7-11/h4-5,8-9,11,15H,1-3,6-7,10H2,(H,21,22)(H2,19,20,23). The lowest BCUT2D eigenvalue weighted by Crippen LogP contribution is -2.45. The highest BCUT2D eigenvalue weighted by molar-refractivity contribution is 7.99. The topological polar surface area (TPSA) is 70.2 Å². The van der Waals surface area contributed by atoms with E-state index in [0.717, 1.165) is 25.7 Å². The lowest BCUT2D eigenvalue weighted by molar-refractivity contribution is -0.115. The average molecular weight is 357 g/mol. The van der Waals surface area contributed by atoms with Crippen molar-refractivity contribution in [2.24, 2.45) is 0 Å². The number of hydrogen-bond donors (Lipinski definition) is 3. The van der Waals surface area contributed by atoms with E-state index in [0.29, 0.717) is 17.4 Å². The molecule has 0 unspecified atom stereocenters. The number of nitrogens with one attached hydrogen (secondary N) is 3. The summed E-state index contributed by atoms with van der Waals surface area (Å²) in [6.45, 7) is -0.216. The van der Waals surface area contributed by atoms with Gasteiger partial charge in [0.1, 0.15) is 0 Å². The van der Waals surface area contributed by atoms with E-state index in [1.54, 1.807) is 18.2 Å². The van der Waals surface area contributed by atoms with Gasteiger partial charge in [0, 0.05) is 10.9 Å². The highest BCUT2D eigenvalue weighted by Gasteiger charge is 2.16. The van der Waals surface area contributed by atoms with Crippen LogP contribution in [0.4, 0.5) is 19.3 Å². The van der Waals surface area contributed by atoms with Gasteiger partial charge in [-0.1, -0.05) is 43.2 Å². The van der Waals surface area contributed by atoms with E-state index in [4.69, 9.17) is 0 Å². The van der Waals surface area contributed by atoms with Gasteiger partial charge in [0.25, 0.3) is 5.76 Å². The molecule has 5 nitrogen and oxygen atoms in total. The molecule has 1 aliphatic rings. The number of para-hydroxylation sites is 1. The van der Waals surface area contributed by atoms with Crippen molar-refractivity contribution in [3.05, 3.63) is 24.3 Å². The fourth-order valence-electron chi connectivity index (χ4n) is 2.61. The summed E-state index contributed by atoms with van der Waals surface area (Å²) < 4.78 is 25.0. The third kappa shape index (κ3) is 6.35. The van der Waals surface area contributed by atoms with E-state index in [1.807, 2.05) is 0 Å². The summed E-state index contributed by atoms with van der Waals surface area (Å²) in [7, 11) is 0. The molecule has 3 N–H and O–H groups in total. The number of alkyl halides is 2. The summed E-state index contributed by atoms with van der Waals surface area (Å²) in [6, 6.07) is 6.10. The Hall–Kier alpha value is -1.83. The molecule has 1 aliphatic carbocycles. The molecule has 0 aliphatic heterocycles. The van der Waals surface area contributed by atoms with Crippen LogP contribution in [0, 0.1) is 0 Å². The number of amides is 3. The van der Waals surface area contributed by atoms with Crippen LogP contribution in [0.1, 0.15) is 32.1 Å². The Balaban J connectivity index is 1.77.